The highest BCUT2D eigenvalue weighted by atomic mass is 32.2. The first-order valence-electron chi connectivity index (χ1n) is 5.94. The molecule has 3 N–H and O–H groups in total. The van der Waals surface area contributed by atoms with Crippen molar-refractivity contribution in [2.24, 2.45) is 5.73 Å². The molecule has 0 aliphatic carbocycles. The minimum Gasteiger partial charge on any atom is -0.472 e. The number of hydrogen-bond acceptors (Lipinski definition) is 4. The number of halogens is 1. The maximum absolute atomic E-state index is 13.7. The van der Waals surface area contributed by atoms with Crippen LogP contribution in [0.2, 0.25) is 0 Å². The van der Waals surface area contributed by atoms with Crippen LogP contribution in [-0.4, -0.2) is 8.42 Å². The highest BCUT2D eigenvalue weighted by molar-refractivity contribution is 7.89. The number of benzene rings is 1. The van der Waals surface area contributed by atoms with Crippen LogP contribution in [0.5, 0.6) is 0 Å². The summed E-state index contributed by atoms with van der Waals surface area (Å²) in [6.07, 6.45) is 2.90. The van der Waals surface area contributed by atoms with Crippen molar-refractivity contribution < 1.29 is 17.2 Å². The molecule has 2 aromatic rings. The van der Waals surface area contributed by atoms with Gasteiger partial charge in [-0.15, -0.1) is 0 Å². The minimum absolute atomic E-state index is 0.000319. The lowest BCUT2D eigenvalue weighted by Gasteiger charge is -2.10. The van der Waals surface area contributed by atoms with Crippen LogP contribution in [0.25, 0.3) is 0 Å². The third-order valence-electron chi connectivity index (χ3n) is 2.88. The molecule has 20 heavy (non-hydrogen) atoms. The lowest BCUT2D eigenvalue weighted by atomic mass is 10.1. The van der Waals surface area contributed by atoms with E-state index in [4.69, 9.17) is 10.2 Å². The average molecular weight is 298 g/mol. The summed E-state index contributed by atoms with van der Waals surface area (Å²) in [6.45, 7) is 1.55. The van der Waals surface area contributed by atoms with Crippen molar-refractivity contribution in [2.75, 3.05) is 0 Å². The van der Waals surface area contributed by atoms with E-state index in [-0.39, 0.29) is 29.1 Å². The van der Waals surface area contributed by atoms with Gasteiger partial charge in [-0.3, -0.25) is 0 Å². The summed E-state index contributed by atoms with van der Waals surface area (Å²) < 4.78 is 45.3. The van der Waals surface area contributed by atoms with E-state index in [0.717, 1.165) is 0 Å². The predicted octanol–water partition coefficient (Wildman–Crippen LogP) is 1.66. The number of hydrogen-bond donors (Lipinski definition) is 2. The third kappa shape index (κ3) is 3.06. The van der Waals surface area contributed by atoms with Gasteiger partial charge < -0.3 is 10.2 Å². The van der Waals surface area contributed by atoms with Gasteiger partial charge in [-0.25, -0.2) is 17.5 Å². The van der Waals surface area contributed by atoms with Crippen molar-refractivity contribution in [3.05, 3.63) is 53.2 Å². The third-order valence-corrected chi connectivity index (χ3v) is 4.26. The topological polar surface area (TPSA) is 85.3 Å². The largest absolute Gasteiger partial charge is 0.472 e. The first kappa shape index (κ1) is 14.7. The molecule has 0 fully saturated rings. The minimum atomic E-state index is -3.72. The van der Waals surface area contributed by atoms with Gasteiger partial charge in [-0.05, 0) is 30.7 Å². The molecule has 0 radical (unpaired) electrons. The van der Waals surface area contributed by atoms with Crippen LogP contribution in [0, 0.1) is 12.7 Å². The van der Waals surface area contributed by atoms with Gasteiger partial charge in [0.25, 0.3) is 0 Å². The van der Waals surface area contributed by atoms with Gasteiger partial charge in [0.2, 0.25) is 10.0 Å². The van der Waals surface area contributed by atoms with Crippen LogP contribution in [0.15, 0.2) is 40.0 Å². The Kier molecular flexibility index (Phi) is 4.22. The van der Waals surface area contributed by atoms with Crippen LogP contribution in [0.3, 0.4) is 0 Å². The molecule has 5 nitrogen and oxygen atoms in total. The standard InChI is InChI=1S/C13H15FN2O3S/c1-9-4-12(5-11(6-15)13(9)14)20(17,18)16-7-10-2-3-19-8-10/h2-5,8,16H,6-7,15H2,1H3. The summed E-state index contributed by atoms with van der Waals surface area (Å²) in [5.41, 5.74) is 6.54. The zero-order valence-corrected chi connectivity index (χ0v) is 11.7. The SMILES string of the molecule is Cc1cc(S(=O)(=O)NCc2ccoc2)cc(CN)c1F. The van der Waals surface area contributed by atoms with Gasteiger partial charge in [0.15, 0.2) is 0 Å². The highest BCUT2D eigenvalue weighted by Crippen LogP contribution is 2.19. The van der Waals surface area contributed by atoms with Crippen LogP contribution in [-0.2, 0) is 23.1 Å². The molecule has 0 saturated carbocycles. The van der Waals surface area contributed by atoms with Crippen LogP contribution in [0.4, 0.5) is 4.39 Å². The maximum Gasteiger partial charge on any atom is 0.240 e. The van der Waals surface area contributed by atoms with Crippen molar-refractivity contribution >= 4 is 10.0 Å². The summed E-state index contributed by atoms with van der Waals surface area (Å²) in [4.78, 5) is 0.000319. The van der Waals surface area contributed by atoms with E-state index >= 15 is 0 Å². The quantitative estimate of drug-likeness (QED) is 0.879. The lowest BCUT2D eigenvalue weighted by molar-refractivity contribution is 0.561. The number of nitrogens with two attached hydrogens (primary N) is 1. The van der Waals surface area contributed by atoms with E-state index in [1.54, 1.807) is 6.07 Å². The van der Waals surface area contributed by atoms with Crippen LogP contribution < -0.4 is 10.5 Å². The lowest BCUT2D eigenvalue weighted by Crippen LogP contribution is -2.23. The number of furan rings is 1. The van der Waals surface area contributed by atoms with E-state index in [1.165, 1.54) is 31.6 Å². The molecule has 0 saturated heterocycles. The van der Waals surface area contributed by atoms with Crippen molar-refractivity contribution in [1.29, 1.82) is 0 Å². The Morgan fingerprint density at radius 3 is 2.75 bits per heavy atom. The zero-order valence-electron chi connectivity index (χ0n) is 10.9. The molecule has 2 rings (SSSR count). The van der Waals surface area contributed by atoms with Gasteiger partial charge in [-0.1, -0.05) is 0 Å². The second kappa shape index (κ2) is 5.74. The van der Waals surface area contributed by atoms with E-state index in [0.29, 0.717) is 5.56 Å². The Labute approximate surface area is 116 Å². The summed E-state index contributed by atoms with van der Waals surface area (Å²) in [6, 6.07) is 4.19. The average Bonchev–Trinajstić information content (AvgIpc) is 2.92. The monoisotopic (exact) mass is 298 g/mol. The number of nitrogens with one attached hydrogen (secondary N) is 1. The van der Waals surface area contributed by atoms with Gasteiger partial charge >= 0.3 is 0 Å². The molecule has 1 aromatic heterocycles. The molecule has 0 bridgehead atoms. The number of aryl methyl sites for hydroxylation is 1. The highest BCUT2D eigenvalue weighted by Gasteiger charge is 2.17. The second-order valence-electron chi connectivity index (χ2n) is 4.37. The van der Waals surface area contributed by atoms with Gasteiger partial charge in [0.1, 0.15) is 5.82 Å². The normalized spacial score (nSPS) is 11.8. The molecule has 7 heteroatoms. The summed E-state index contributed by atoms with van der Waals surface area (Å²) in [5, 5.41) is 0. The van der Waals surface area contributed by atoms with E-state index in [2.05, 4.69) is 4.72 Å². The fourth-order valence-electron chi connectivity index (χ4n) is 1.77. The first-order chi connectivity index (χ1) is 9.44. The number of sulfonamides is 1. The van der Waals surface area contributed by atoms with Gasteiger partial charge in [0, 0.05) is 24.2 Å². The summed E-state index contributed by atoms with van der Waals surface area (Å²) in [5.74, 6) is -0.471. The molecule has 0 aliphatic heterocycles. The summed E-state index contributed by atoms with van der Waals surface area (Å²) in [7, 11) is -3.72. The van der Waals surface area contributed by atoms with Crippen molar-refractivity contribution in [1.82, 2.24) is 4.72 Å². The van der Waals surface area contributed by atoms with E-state index in [1.807, 2.05) is 0 Å². The Hall–Kier alpha value is -1.70. The fourth-order valence-corrected chi connectivity index (χ4v) is 2.92. The molecule has 0 atom stereocenters. The first-order valence-corrected chi connectivity index (χ1v) is 7.42. The molecule has 0 aliphatic rings. The Balaban J connectivity index is 2.27. The van der Waals surface area contributed by atoms with Crippen molar-refractivity contribution in [3.63, 3.8) is 0 Å². The predicted molar refractivity (Wildman–Crippen MR) is 71.8 cm³/mol. The Morgan fingerprint density at radius 2 is 2.15 bits per heavy atom. The van der Waals surface area contributed by atoms with Gasteiger partial charge in [0.05, 0.1) is 17.4 Å². The maximum atomic E-state index is 13.7. The second-order valence-corrected chi connectivity index (χ2v) is 6.14. The number of rotatable bonds is 5. The van der Waals surface area contributed by atoms with Crippen molar-refractivity contribution in [3.8, 4) is 0 Å². The molecule has 0 amide bonds. The van der Waals surface area contributed by atoms with Crippen LogP contribution >= 0.6 is 0 Å². The molecular formula is C13H15FN2O3S. The van der Waals surface area contributed by atoms with Gasteiger partial charge in [-0.2, -0.15) is 0 Å². The smallest absolute Gasteiger partial charge is 0.240 e. The molecule has 108 valence electrons. The van der Waals surface area contributed by atoms with E-state index in [9.17, 15) is 12.8 Å². The fraction of sp³-hybridized carbons (Fsp3) is 0.231. The molecule has 1 aromatic carbocycles. The molecule has 1 heterocycles. The Bertz CT molecular complexity index is 697. The Morgan fingerprint density at radius 1 is 1.40 bits per heavy atom. The molecule has 0 unspecified atom stereocenters. The zero-order chi connectivity index (χ0) is 14.8. The molecule has 0 spiro atoms. The van der Waals surface area contributed by atoms with Crippen LogP contribution in [0.1, 0.15) is 16.7 Å². The summed E-state index contributed by atoms with van der Waals surface area (Å²) >= 11 is 0. The molecular weight excluding hydrogens is 283 g/mol. The van der Waals surface area contributed by atoms with E-state index < -0.39 is 15.8 Å². The van der Waals surface area contributed by atoms with Crippen molar-refractivity contribution in [2.45, 2.75) is 24.9 Å².